The zero-order chi connectivity index (χ0) is 13.9. The molecule has 0 bridgehead atoms. The van der Waals surface area contributed by atoms with Gasteiger partial charge in [0.05, 0.1) is 25.2 Å². The van der Waals surface area contributed by atoms with Crippen LogP contribution in [-0.4, -0.2) is 25.5 Å². The zero-order valence-electron chi connectivity index (χ0n) is 10.1. The molecule has 0 fully saturated rings. The fourth-order valence-corrected chi connectivity index (χ4v) is 2.47. The van der Waals surface area contributed by atoms with Gasteiger partial charge >= 0.3 is 0 Å². The molecule has 0 saturated heterocycles. The second-order valence-electron chi connectivity index (χ2n) is 3.59. The van der Waals surface area contributed by atoms with Gasteiger partial charge in [0.25, 0.3) is 10.0 Å². The Morgan fingerprint density at radius 2 is 1.84 bits per heavy atom. The number of rotatable bonds is 4. The summed E-state index contributed by atoms with van der Waals surface area (Å²) in [7, 11) is -2.34. The molecule has 1 aromatic carbocycles. The average molecular weight is 280 g/mol. The first-order valence-electron chi connectivity index (χ1n) is 5.26. The molecule has 0 aliphatic heterocycles. The van der Waals surface area contributed by atoms with Crippen LogP contribution in [0, 0.1) is 0 Å². The highest BCUT2D eigenvalue weighted by molar-refractivity contribution is 7.92. The van der Waals surface area contributed by atoms with E-state index in [4.69, 9.17) is 10.5 Å². The molecule has 2 aromatic rings. The van der Waals surface area contributed by atoms with E-state index in [-0.39, 0.29) is 16.5 Å². The second-order valence-corrected chi connectivity index (χ2v) is 5.24. The maximum Gasteiger partial charge on any atom is 0.266 e. The van der Waals surface area contributed by atoms with Gasteiger partial charge < -0.3 is 10.5 Å². The summed E-state index contributed by atoms with van der Waals surface area (Å²) in [6.07, 6.45) is 2.72. The van der Waals surface area contributed by atoms with Crippen molar-refractivity contribution in [3.05, 3.63) is 36.7 Å². The number of para-hydroxylation sites is 1. The Morgan fingerprint density at radius 1 is 1.21 bits per heavy atom. The first-order valence-corrected chi connectivity index (χ1v) is 6.74. The van der Waals surface area contributed by atoms with Gasteiger partial charge in [-0.3, -0.25) is 0 Å². The number of benzene rings is 1. The summed E-state index contributed by atoms with van der Waals surface area (Å²) >= 11 is 0. The van der Waals surface area contributed by atoms with Crippen molar-refractivity contribution in [2.24, 2.45) is 0 Å². The molecule has 0 unspecified atom stereocenters. The normalized spacial score (nSPS) is 11.0. The van der Waals surface area contributed by atoms with E-state index in [1.807, 2.05) is 0 Å². The van der Waals surface area contributed by atoms with Crippen LogP contribution in [-0.2, 0) is 10.0 Å². The van der Waals surface area contributed by atoms with Gasteiger partial charge in [0.2, 0.25) is 5.95 Å². The summed E-state index contributed by atoms with van der Waals surface area (Å²) in [5, 5.41) is 0. The van der Waals surface area contributed by atoms with Crippen LogP contribution >= 0.6 is 0 Å². The van der Waals surface area contributed by atoms with E-state index in [2.05, 4.69) is 14.7 Å². The Balaban J connectivity index is 2.28. The maximum atomic E-state index is 12.1. The molecule has 7 nitrogen and oxygen atoms in total. The van der Waals surface area contributed by atoms with Crippen molar-refractivity contribution in [2.45, 2.75) is 4.90 Å². The smallest absolute Gasteiger partial charge is 0.266 e. The van der Waals surface area contributed by atoms with Gasteiger partial charge in [0.15, 0.2) is 5.75 Å². The van der Waals surface area contributed by atoms with E-state index in [9.17, 15) is 8.42 Å². The molecule has 19 heavy (non-hydrogen) atoms. The number of aromatic nitrogens is 2. The second kappa shape index (κ2) is 5.11. The first-order chi connectivity index (χ1) is 9.03. The zero-order valence-corrected chi connectivity index (χ0v) is 10.9. The lowest BCUT2D eigenvalue weighted by atomic mass is 10.3. The third-order valence-electron chi connectivity index (χ3n) is 2.30. The SMILES string of the molecule is COc1cnc(NS(=O)(=O)c2ccccc2N)nc1. The minimum Gasteiger partial charge on any atom is -0.494 e. The van der Waals surface area contributed by atoms with Crippen LogP contribution in [0.5, 0.6) is 5.75 Å². The number of nitrogen functional groups attached to an aromatic ring is 1. The van der Waals surface area contributed by atoms with Crippen molar-refractivity contribution >= 4 is 21.7 Å². The van der Waals surface area contributed by atoms with Crippen molar-refractivity contribution < 1.29 is 13.2 Å². The predicted octanol–water partition coefficient (Wildman–Crippen LogP) is 0.868. The summed E-state index contributed by atoms with van der Waals surface area (Å²) in [6.45, 7) is 0. The summed E-state index contributed by atoms with van der Waals surface area (Å²) < 4.78 is 31.3. The molecule has 0 spiro atoms. The largest absolute Gasteiger partial charge is 0.494 e. The third-order valence-corrected chi connectivity index (χ3v) is 3.70. The summed E-state index contributed by atoms with van der Waals surface area (Å²) in [5.74, 6) is 0.381. The Kier molecular flexibility index (Phi) is 3.52. The van der Waals surface area contributed by atoms with Gasteiger partial charge in [-0.1, -0.05) is 12.1 Å². The van der Waals surface area contributed by atoms with Crippen LogP contribution in [0.15, 0.2) is 41.6 Å². The van der Waals surface area contributed by atoms with E-state index in [0.717, 1.165) is 0 Å². The van der Waals surface area contributed by atoms with Crippen LogP contribution in [0.3, 0.4) is 0 Å². The van der Waals surface area contributed by atoms with Gasteiger partial charge in [-0.25, -0.2) is 23.1 Å². The first kappa shape index (κ1) is 13.1. The van der Waals surface area contributed by atoms with Crippen molar-refractivity contribution in [1.29, 1.82) is 0 Å². The topological polar surface area (TPSA) is 107 Å². The number of hydrogen-bond acceptors (Lipinski definition) is 6. The number of nitrogens with zero attached hydrogens (tertiary/aromatic N) is 2. The highest BCUT2D eigenvalue weighted by Gasteiger charge is 2.18. The summed E-state index contributed by atoms with van der Waals surface area (Å²) in [4.78, 5) is 7.63. The van der Waals surface area contributed by atoms with Crippen molar-refractivity contribution in [2.75, 3.05) is 17.6 Å². The molecule has 0 aliphatic carbocycles. The van der Waals surface area contributed by atoms with Crippen LogP contribution in [0.25, 0.3) is 0 Å². The Hall–Kier alpha value is -2.35. The van der Waals surface area contributed by atoms with Crippen LogP contribution < -0.4 is 15.2 Å². The lowest BCUT2D eigenvalue weighted by molar-refractivity contribution is 0.411. The number of nitrogens with two attached hydrogens (primary N) is 1. The fraction of sp³-hybridized carbons (Fsp3) is 0.0909. The number of methoxy groups -OCH3 is 1. The molecule has 8 heteroatoms. The molecule has 0 radical (unpaired) electrons. The lowest BCUT2D eigenvalue weighted by Crippen LogP contribution is -2.16. The molecule has 0 aliphatic rings. The molecule has 3 N–H and O–H groups in total. The molecule has 0 saturated carbocycles. The van der Waals surface area contributed by atoms with E-state index in [1.54, 1.807) is 12.1 Å². The fourth-order valence-electron chi connectivity index (χ4n) is 1.37. The monoisotopic (exact) mass is 280 g/mol. The minimum atomic E-state index is -3.80. The van der Waals surface area contributed by atoms with Gasteiger partial charge in [-0.15, -0.1) is 0 Å². The quantitative estimate of drug-likeness (QED) is 0.805. The Morgan fingerprint density at radius 3 is 2.42 bits per heavy atom. The van der Waals surface area contributed by atoms with Crippen molar-refractivity contribution in [3.8, 4) is 5.75 Å². The standard InChI is InChI=1S/C11H12N4O3S/c1-18-8-6-13-11(14-7-8)15-19(16,17)10-5-3-2-4-9(10)12/h2-7H,12H2,1H3,(H,13,14,15). The van der Waals surface area contributed by atoms with Crippen LogP contribution in [0.2, 0.25) is 0 Å². The average Bonchev–Trinajstić information content (AvgIpc) is 2.39. The molecule has 100 valence electrons. The highest BCUT2D eigenvalue weighted by atomic mass is 32.2. The van der Waals surface area contributed by atoms with E-state index >= 15 is 0 Å². The number of nitrogens with one attached hydrogen (secondary N) is 1. The molecule has 0 amide bonds. The molecular weight excluding hydrogens is 268 g/mol. The Bertz CT molecular complexity index is 671. The number of sulfonamides is 1. The number of ether oxygens (including phenoxy) is 1. The van der Waals surface area contributed by atoms with E-state index < -0.39 is 10.0 Å². The highest BCUT2D eigenvalue weighted by Crippen LogP contribution is 2.19. The number of anilines is 2. The van der Waals surface area contributed by atoms with Crippen molar-refractivity contribution in [3.63, 3.8) is 0 Å². The summed E-state index contributed by atoms with van der Waals surface area (Å²) in [5.41, 5.74) is 5.78. The molecule has 2 rings (SSSR count). The van der Waals surface area contributed by atoms with Crippen molar-refractivity contribution in [1.82, 2.24) is 9.97 Å². The number of hydrogen-bond donors (Lipinski definition) is 2. The van der Waals surface area contributed by atoms with Gasteiger partial charge in [0.1, 0.15) is 4.90 Å². The molecule has 0 atom stereocenters. The molecular formula is C11H12N4O3S. The minimum absolute atomic E-state index is 0.0191. The van der Waals surface area contributed by atoms with E-state index in [1.165, 1.54) is 31.6 Å². The lowest BCUT2D eigenvalue weighted by Gasteiger charge is -2.08. The predicted molar refractivity (Wildman–Crippen MR) is 70.2 cm³/mol. The molecule has 1 aromatic heterocycles. The van der Waals surface area contributed by atoms with E-state index in [0.29, 0.717) is 5.75 Å². The van der Waals surface area contributed by atoms with Crippen LogP contribution in [0.4, 0.5) is 11.6 Å². The van der Waals surface area contributed by atoms with Gasteiger partial charge in [-0.05, 0) is 12.1 Å². The molecule has 1 heterocycles. The maximum absolute atomic E-state index is 12.1. The third kappa shape index (κ3) is 2.91. The Labute approximate surface area is 110 Å². The van der Waals surface area contributed by atoms with Crippen LogP contribution in [0.1, 0.15) is 0 Å². The van der Waals surface area contributed by atoms with Gasteiger partial charge in [0, 0.05) is 0 Å². The van der Waals surface area contributed by atoms with Gasteiger partial charge in [-0.2, -0.15) is 0 Å². The summed E-state index contributed by atoms with van der Waals surface area (Å²) in [6, 6.07) is 6.14.